The summed E-state index contributed by atoms with van der Waals surface area (Å²) in [6, 6.07) is -2.33. The van der Waals surface area contributed by atoms with E-state index >= 15 is 0 Å². The highest BCUT2D eigenvalue weighted by molar-refractivity contribution is 5.80. The monoisotopic (exact) mass is 1520 g/mol. The quantitative estimate of drug-likeness (QED) is 0.0287. The number of esters is 6. The van der Waals surface area contributed by atoms with E-state index in [1.165, 1.54) is 62.3 Å². The van der Waals surface area contributed by atoms with E-state index < -0.39 is 169 Å². The molecule has 3 aliphatic heterocycles. The molecule has 35 nitrogen and oxygen atoms in total. The molecule has 35 heteroatoms. The Morgan fingerprint density at radius 2 is 0.670 bits per heavy atom. The van der Waals surface area contributed by atoms with E-state index in [1.807, 2.05) is 6.92 Å². The van der Waals surface area contributed by atoms with Crippen molar-refractivity contribution in [2.75, 3.05) is 98.9 Å². The van der Waals surface area contributed by atoms with Crippen molar-refractivity contribution in [3.63, 3.8) is 0 Å². The third kappa shape index (κ3) is 37.9. The van der Waals surface area contributed by atoms with Gasteiger partial charge in [0.25, 0.3) is 0 Å². The number of carbonyl (C=O) groups excluding carboxylic acids is 14. The molecule has 0 aromatic heterocycles. The number of ether oxygens (including phenoxy) is 15. The summed E-state index contributed by atoms with van der Waals surface area (Å²) in [6.07, 6.45) is -2.87. The third-order valence-electron chi connectivity index (χ3n) is 17.2. The Kier molecular flexibility index (Phi) is 44.0. The summed E-state index contributed by atoms with van der Waals surface area (Å²) in [4.78, 5) is 172. The fraction of sp³-hybridized carbons (Fsp3) is 0.803. The largest absolute Gasteiger partial charge is 0.463 e. The number of hydrogen-bond acceptors (Lipinski definition) is 29. The van der Waals surface area contributed by atoms with E-state index in [0.717, 1.165) is 19.3 Å². The number of unbranched alkanes of at least 4 members (excludes halogenated alkanes) is 5. The SMILES string of the molecule is CC(=O)NC1C(OCCCCCCCC(=O)CCOCC(C)(COCCC(=O)CCCCNC(=O)COC2OC(COC(C)=O)C(OC(C)=O)C(C)C2NC(C)=O)COCCC(=O)NCCCNC(=O)COC2OC(COC(C)=O)C(OC(C)=O)C(C)C2NC(C)=O)OC(COC(C)=O)C(OC(C)=O)C1C. The zero-order valence-electron chi connectivity index (χ0n) is 63.8. The van der Waals surface area contributed by atoms with Crippen molar-refractivity contribution in [3.8, 4) is 0 Å². The highest BCUT2D eigenvalue weighted by Gasteiger charge is 2.50. The summed E-state index contributed by atoms with van der Waals surface area (Å²) < 4.78 is 85.6. The fourth-order valence-corrected chi connectivity index (χ4v) is 12.0. The lowest BCUT2D eigenvalue weighted by molar-refractivity contribution is -0.262. The van der Waals surface area contributed by atoms with Crippen molar-refractivity contribution in [2.24, 2.45) is 23.2 Å². The molecule has 3 saturated heterocycles. The van der Waals surface area contributed by atoms with Crippen molar-refractivity contribution in [1.29, 1.82) is 0 Å². The van der Waals surface area contributed by atoms with Crippen LogP contribution in [0.2, 0.25) is 0 Å². The van der Waals surface area contributed by atoms with Crippen LogP contribution in [0.5, 0.6) is 0 Å². The Balaban J connectivity index is 1.48. The van der Waals surface area contributed by atoms with Crippen LogP contribution in [0.25, 0.3) is 0 Å². The zero-order chi connectivity index (χ0) is 78.9. The molecule has 3 fully saturated rings. The van der Waals surface area contributed by atoms with Crippen LogP contribution in [0, 0.1) is 23.2 Å². The lowest BCUT2D eigenvalue weighted by Gasteiger charge is -2.44. The number of ketones is 2. The van der Waals surface area contributed by atoms with Gasteiger partial charge >= 0.3 is 35.8 Å². The lowest BCUT2D eigenvalue weighted by Crippen LogP contribution is -2.62. The third-order valence-corrected chi connectivity index (χ3v) is 17.2. The maximum atomic E-state index is 13.0. The highest BCUT2D eigenvalue weighted by atomic mass is 16.7. The Hall–Kier alpha value is -7.38. The molecule has 3 heterocycles. The van der Waals surface area contributed by atoms with Crippen LogP contribution in [-0.4, -0.2) is 255 Å². The predicted octanol–water partition coefficient (Wildman–Crippen LogP) is 1.73. The van der Waals surface area contributed by atoms with Crippen molar-refractivity contribution in [1.82, 2.24) is 31.9 Å². The molecule has 0 aliphatic carbocycles. The maximum absolute atomic E-state index is 13.0. The van der Waals surface area contributed by atoms with E-state index in [0.29, 0.717) is 38.5 Å². The van der Waals surface area contributed by atoms with Gasteiger partial charge in [0.05, 0.1) is 57.8 Å². The summed E-state index contributed by atoms with van der Waals surface area (Å²) >= 11 is 0. The van der Waals surface area contributed by atoms with Gasteiger partial charge in [0.15, 0.2) is 18.9 Å². The molecule has 0 spiro atoms. The van der Waals surface area contributed by atoms with Gasteiger partial charge in [0, 0.05) is 144 Å². The van der Waals surface area contributed by atoms with Gasteiger partial charge in [-0.05, 0) is 32.1 Å². The number of hydrogen-bond donors (Lipinski definition) is 6. The molecule has 0 radical (unpaired) electrons. The molecule has 0 aromatic carbocycles. The van der Waals surface area contributed by atoms with Crippen molar-refractivity contribution in [3.05, 3.63) is 0 Å². The summed E-state index contributed by atoms with van der Waals surface area (Å²) in [5, 5.41) is 16.5. The first kappa shape index (κ1) is 92.8. The van der Waals surface area contributed by atoms with E-state index in [4.69, 9.17) is 71.1 Å². The minimum absolute atomic E-state index is 0.00908. The van der Waals surface area contributed by atoms with Gasteiger partial charge in [0.2, 0.25) is 35.4 Å². The molecule has 6 amide bonds. The molecule has 0 aromatic rings. The zero-order valence-corrected chi connectivity index (χ0v) is 63.8. The Morgan fingerprint density at radius 3 is 1.03 bits per heavy atom. The first-order valence-electron chi connectivity index (χ1n) is 36.3. The number of rotatable bonds is 51. The normalized spacial score (nSPS) is 24.6. The van der Waals surface area contributed by atoms with E-state index in [2.05, 4.69) is 31.9 Å². The average molecular weight is 1520 g/mol. The molecule has 3 aliphatic rings. The molecule has 6 N–H and O–H groups in total. The van der Waals surface area contributed by atoms with Crippen LogP contribution in [0.3, 0.4) is 0 Å². The van der Waals surface area contributed by atoms with E-state index in [-0.39, 0.29) is 135 Å². The minimum Gasteiger partial charge on any atom is -0.463 e. The lowest BCUT2D eigenvalue weighted by atomic mass is 9.88. The maximum Gasteiger partial charge on any atom is 0.303 e. The summed E-state index contributed by atoms with van der Waals surface area (Å²) in [5.41, 5.74) is -0.783. The molecule has 16 unspecified atom stereocenters. The van der Waals surface area contributed by atoms with Gasteiger partial charge in [-0.25, -0.2) is 0 Å². The minimum atomic E-state index is -1.18. The Bertz CT molecular complexity index is 2700. The Labute approximate surface area is 620 Å². The van der Waals surface area contributed by atoms with Crippen LogP contribution >= 0.6 is 0 Å². The molecular formula is C71H116N6O29. The summed E-state index contributed by atoms with van der Waals surface area (Å²) in [5.74, 6) is -7.69. The van der Waals surface area contributed by atoms with Crippen LogP contribution in [0.4, 0.5) is 0 Å². The first-order chi connectivity index (χ1) is 50.2. The Morgan fingerprint density at radius 1 is 0.349 bits per heavy atom. The summed E-state index contributed by atoms with van der Waals surface area (Å²) in [6.45, 7) is 18.0. The smallest absolute Gasteiger partial charge is 0.303 e. The van der Waals surface area contributed by atoms with Crippen LogP contribution in [0.15, 0.2) is 0 Å². The number of carbonyl (C=O) groups is 14. The number of amides is 6. The second-order valence-electron chi connectivity index (χ2n) is 27.2. The van der Waals surface area contributed by atoms with Crippen molar-refractivity contribution in [2.45, 2.75) is 247 Å². The number of Topliss-reactive ketones (excluding diaryl/α,β-unsaturated/α-hetero) is 2. The van der Waals surface area contributed by atoms with Gasteiger partial charge in [-0.3, -0.25) is 67.1 Å². The second-order valence-corrected chi connectivity index (χ2v) is 27.2. The first-order valence-corrected chi connectivity index (χ1v) is 36.3. The standard InChI is InChI=1S/C71H116N6O29/c1-42-62(75-45(4)78)68(104-56(34-96-48(7)81)65(42)101-51(10)84)95-30-20-16-14-15-17-22-54(87)24-31-92-39-71(13,40-93-32-25-55(88)23-18-19-27-73-60(90)37-99-69-63(76-46(5)79)43(2)66(102-52(11)85)57(105-69)35-97-49(8)82)41-94-33-26-59(89)72-28-21-29-74-61(91)38-100-70-64(77-47(6)80)44(3)67(103-53(12)86)58(106-70)36-98-50(9)83/h42-44,56-58,62-70H,14-41H2,1-13H3,(H,72,89)(H,73,90)(H,74,91)(H,75,78)(H,76,79)(H,77,80). The van der Waals surface area contributed by atoms with Gasteiger partial charge in [-0.15, -0.1) is 0 Å². The van der Waals surface area contributed by atoms with Crippen LogP contribution in [0.1, 0.15) is 173 Å². The van der Waals surface area contributed by atoms with E-state index in [1.54, 1.807) is 20.8 Å². The van der Waals surface area contributed by atoms with Gasteiger partial charge in [-0.2, -0.15) is 0 Å². The topological polar surface area (TPSA) is 450 Å². The molecule has 16 atom stereocenters. The molecule has 0 bridgehead atoms. The fourth-order valence-electron chi connectivity index (χ4n) is 12.0. The van der Waals surface area contributed by atoms with Crippen molar-refractivity contribution >= 4 is 82.8 Å². The molecule has 106 heavy (non-hydrogen) atoms. The molecule has 604 valence electrons. The van der Waals surface area contributed by atoms with Crippen LogP contribution < -0.4 is 31.9 Å². The van der Waals surface area contributed by atoms with Crippen LogP contribution in [-0.2, 0) is 138 Å². The molecule has 3 rings (SSSR count). The average Bonchev–Trinajstić information content (AvgIpc) is 0.810. The van der Waals surface area contributed by atoms with E-state index in [9.17, 15) is 67.1 Å². The predicted molar refractivity (Wildman–Crippen MR) is 370 cm³/mol. The second kappa shape index (κ2) is 50.3. The van der Waals surface area contributed by atoms with Gasteiger partial charge < -0.3 is 103 Å². The van der Waals surface area contributed by atoms with Crippen molar-refractivity contribution < 1.29 is 138 Å². The summed E-state index contributed by atoms with van der Waals surface area (Å²) in [7, 11) is 0. The molecular weight excluding hydrogens is 1400 g/mol. The highest BCUT2D eigenvalue weighted by Crippen LogP contribution is 2.33. The number of nitrogens with one attached hydrogen (secondary N) is 6. The van der Waals surface area contributed by atoms with Gasteiger partial charge in [-0.1, -0.05) is 47.0 Å². The van der Waals surface area contributed by atoms with Gasteiger partial charge in [0.1, 0.15) is 81.2 Å². The molecule has 0 saturated carbocycles.